The van der Waals surface area contributed by atoms with Crippen LogP contribution in [0.5, 0.6) is 0 Å². The highest BCUT2D eigenvalue weighted by Crippen LogP contribution is 2.61. The molecule has 3 aliphatic carbocycles. The Bertz CT molecular complexity index is 2180. The summed E-state index contributed by atoms with van der Waals surface area (Å²) in [6, 6.07) is 55.7. The molecule has 3 aliphatic rings. The van der Waals surface area contributed by atoms with Crippen molar-refractivity contribution in [2.75, 3.05) is 4.90 Å². The molecule has 1 atom stereocenters. The molecular formula is C48H41N. The third-order valence-electron chi connectivity index (χ3n) is 11.6. The Morgan fingerprint density at radius 1 is 0.490 bits per heavy atom. The van der Waals surface area contributed by atoms with Gasteiger partial charge in [0.25, 0.3) is 0 Å². The molecule has 0 saturated heterocycles. The Hall–Kier alpha value is -5.40. The van der Waals surface area contributed by atoms with E-state index in [1.807, 2.05) is 0 Å². The van der Waals surface area contributed by atoms with Crippen molar-refractivity contribution in [1.82, 2.24) is 0 Å². The van der Waals surface area contributed by atoms with Gasteiger partial charge in [-0.1, -0.05) is 160 Å². The Morgan fingerprint density at radius 3 is 1.59 bits per heavy atom. The van der Waals surface area contributed by atoms with E-state index in [9.17, 15) is 0 Å². The van der Waals surface area contributed by atoms with E-state index in [4.69, 9.17) is 0 Å². The number of anilines is 3. The largest absolute Gasteiger partial charge is 0.310 e. The molecule has 0 N–H and O–H groups in total. The first-order chi connectivity index (χ1) is 23.8. The van der Waals surface area contributed by atoms with E-state index in [0.717, 1.165) is 17.8 Å². The highest BCUT2D eigenvalue weighted by atomic mass is 15.1. The molecule has 1 nitrogen and oxygen atoms in total. The molecule has 0 fully saturated rings. The zero-order chi connectivity index (χ0) is 33.3. The summed E-state index contributed by atoms with van der Waals surface area (Å²) >= 11 is 0. The molecule has 6 aromatic carbocycles. The number of hydrogen-bond donors (Lipinski definition) is 0. The van der Waals surface area contributed by atoms with Gasteiger partial charge in [-0.05, 0) is 92.9 Å². The molecule has 9 rings (SSSR count). The molecule has 0 aromatic heterocycles. The monoisotopic (exact) mass is 631 g/mol. The number of allylic oxidation sites excluding steroid dienone is 4. The average Bonchev–Trinajstić information content (AvgIpc) is 3.51. The van der Waals surface area contributed by atoms with Crippen molar-refractivity contribution in [3.63, 3.8) is 0 Å². The lowest BCUT2D eigenvalue weighted by Crippen LogP contribution is -2.22. The summed E-state index contributed by atoms with van der Waals surface area (Å²) in [5.41, 5.74) is 18.8. The molecule has 1 heteroatoms. The zero-order valence-corrected chi connectivity index (χ0v) is 28.7. The van der Waals surface area contributed by atoms with E-state index >= 15 is 0 Å². The topological polar surface area (TPSA) is 3.24 Å². The third kappa shape index (κ3) is 4.67. The Morgan fingerprint density at radius 2 is 1.00 bits per heavy atom. The van der Waals surface area contributed by atoms with Gasteiger partial charge >= 0.3 is 0 Å². The van der Waals surface area contributed by atoms with Crippen LogP contribution in [0.3, 0.4) is 0 Å². The molecule has 0 spiro atoms. The van der Waals surface area contributed by atoms with Crippen molar-refractivity contribution >= 4 is 22.6 Å². The number of nitrogens with zero attached hydrogens (tertiary/aromatic N) is 1. The van der Waals surface area contributed by atoms with Gasteiger partial charge in [-0.25, -0.2) is 0 Å². The van der Waals surface area contributed by atoms with E-state index in [0.29, 0.717) is 5.92 Å². The van der Waals surface area contributed by atoms with Gasteiger partial charge in [0.15, 0.2) is 0 Å². The molecule has 0 aliphatic heterocycles. The quantitative estimate of drug-likeness (QED) is 0.183. The number of hydrogen-bond acceptors (Lipinski definition) is 1. The van der Waals surface area contributed by atoms with E-state index in [1.165, 1.54) is 55.8 Å². The van der Waals surface area contributed by atoms with Crippen LogP contribution in [0.25, 0.3) is 27.8 Å². The van der Waals surface area contributed by atoms with E-state index < -0.39 is 0 Å². The third-order valence-corrected chi connectivity index (χ3v) is 11.6. The minimum absolute atomic E-state index is 0.0214. The molecule has 0 bridgehead atoms. The molecule has 6 aromatic rings. The number of benzene rings is 6. The molecule has 0 amide bonds. The van der Waals surface area contributed by atoms with Crippen molar-refractivity contribution in [1.29, 1.82) is 0 Å². The molecule has 238 valence electrons. The highest BCUT2D eigenvalue weighted by Gasteiger charge is 2.48. The standard InChI is InChI=1S/C48H41N/c1-47(2)43-18-12-11-17-39(43)41-30-46-42(31-45(41)47)40-29-38(27-28-44(40)48(46,3)4)49(36-23-19-34(20-24-36)32-13-7-5-8-14-32)37-25-21-35(22-26-37)33-15-9-6-10-16-33/h5-29,31,41H,30H2,1-4H3. The highest BCUT2D eigenvalue weighted by molar-refractivity contribution is 5.92. The van der Waals surface area contributed by atoms with Crippen LogP contribution in [0.4, 0.5) is 17.1 Å². The van der Waals surface area contributed by atoms with Gasteiger partial charge in [0.05, 0.1) is 0 Å². The predicted octanol–water partition coefficient (Wildman–Crippen LogP) is 12.9. The van der Waals surface area contributed by atoms with Crippen LogP contribution in [0.2, 0.25) is 0 Å². The first-order valence-corrected chi connectivity index (χ1v) is 17.6. The van der Waals surface area contributed by atoms with Crippen molar-refractivity contribution in [3.05, 3.63) is 191 Å². The van der Waals surface area contributed by atoms with Gasteiger partial charge < -0.3 is 4.90 Å². The maximum absolute atomic E-state index is 2.58. The number of rotatable bonds is 5. The molecule has 49 heavy (non-hydrogen) atoms. The van der Waals surface area contributed by atoms with E-state index in [1.54, 1.807) is 11.1 Å². The van der Waals surface area contributed by atoms with Crippen LogP contribution < -0.4 is 4.90 Å². The van der Waals surface area contributed by atoms with E-state index in [-0.39, 0.29) is 10.8 Å². The summed E-state index contributed by atoms with van der Waals surface area (Å²) in [7, 11) is 0. The van der Waals surface area contributed by atoms with Crippen molar-refractivity contribution in [2.24, 2.45) is 0 Å². The minimum Gasteiger partial charge on any atom is -0.310 e. The lowest BCUT2D eigenvalue weighted by molar-refractivity contribution is 0.561. The lowest BCUT2D eigenvalue weighted by atomic mass is 9.71. The fourth-order valence-electron chi connectivity index (χ4n) is 8.93. The fourth-order valence-corrected chi connectivity index (χ4v) is 8.93. The summed E-state index contributed by atoms with van der Waals surface area (Å²) in [5.74, 6) is 0.459. The normalized spacial score (nSPS) is 17.9. The summed E-state index contributed by atoms with van der Waals surface area (Å²) < 4.78 is 0. The SMILES string of the molecule is CC1(C)C2=C(C=C3C(C2)c2ccccc2C3(C)C)c2cc(N(c3ccc(-c4ccccc4)cc3)c3ccc(-c4ccccc4)cc3)ccc21. The van der Waals surface area contributed by atoms with Crippen molar-refractivity contribution in [2.45, 2.75) is 50.9 Å². The van der Waals surface area contributed by atoms with Crippen molar-refractivity contribution in [3.8, 4) is 22.3 Å². The summed E-state index contributed by atoms with van der Waals surface area (Å²) in [4.78, 5) is 2.42. The second kappa shape index (κ2) is 11.1. The maximum atomic E-state index is 2.58. The van der Waals surface area contributed by atoms with Gasteiger partial charge in [0.1, 0.15) is 0 Å². The molecular weight excluding hydrogens is 591 g/mol. The molecule has 0 heterocycles. The van der Waals surface area contributed by atoms with Crippen LogP contribution in [0.15, 0.2) is 169 Å². The zero-order valence-electron chi connectivity index (χ0n) is 28.7. The Kier molecular flexibility index (Phi) is 6.71. The Labute approximate surface area is 290 Å². The van der Waals surface area contributed by atoms with Crippen LogP contribution in [-0.4, -0.2) is 0 Å². The first-order valence-electron chi connectivity index (χ1n) is 17.6. The molecule has 0 saturated carbocycles. The van der Waals surface area contributed by atoms with E-state index in [2.05, 4.69) is 190 Å². The summed E-state index contributed by atoms with van der Waals surface area (Å²) in [6.45, 7) is 9.70. The average molecular weight is 632 g/mol. The van der Waals surface area contributed by atoms with Crippen LogP contribution in [-0.2, 0) is 10.8 Å². The summed E-state index contributed by atoms with van der Waals surface area (Å²) in [5, 5.41) is 0. The molecule has 0 radical (unpaired) electrons. The van der Waals surface area contributed by atoms with Gasteiger partial charge in [0, 0.05) is 33.8 Å². The van der Waals surface area contributed by atoms with Crippen LogP contribution in [0.1, 0.15) is 62.3 Å². The van der Waals surface area contributed by atoms with Crippen molar-refractivity contribution < 1.29 is 0 Å². The van der Waals surface area contributed by atoms with Gasteiger partial charge in [0.2, 0.25) is 0 Å². The predicted molar refractivity (Wildman–Crippen MR) is 207 cm³/mol. The number of fused-ring (bicyclic) bond motifs is 5. The Balaban J connectivity index is 1.16. The van der Waals surface area contributed by atoms with Crippen LogP contribution >= 0.6 is 0 Å². The van der Waals surface area contributed by atoms with Gasteiger partial charge in [-0.2, -0.15) is 0 Å². The summed E-state index contributed by atoms with van der Waals surface area (Å²) in [6.07, 6.45) is 3.67. The fraction of sp³-hybridized carbons (Fsp3) is 0.167. The second-order valence-electron chi connectivity index (χ2n) is 15.0. The minimum atomic E-state index is -0.0214. The van der Waals surface area contributed by atoms with Crippen LogP contribution in [0, 0.1) is 0 Å². The smallest absolute Gasteiger partial charge is 0.0468 e. The first kappa shape index (κ1) is 29.7. The lowest BCUT2D eigenvalue weighted by Gasteiger charge is -2.32. The molecule has 1 unspecified atom stereocenters. The second-order valence-corrected chi connectivity index (χ2v) is 15.0. The van der Waals surface area contributed by atoms with Gasteiger partial charge in [-0.15, -0.1) is 0 Å². The maximum Gasteiger partial charge on any atom is 0.0468 e. The van der Waals surface area contributed by atoms with Gasteiger partial charge in [-0.3, -0.25) is 0 Å².